The zero-order valence-corrected chi connectivity index (χ0v) is 11.7. The van der Waals surface area contributed by atoms with Crippen LogP contribution in [0.2, 0.25) is 0 Å². The van der Waals surface area contributed by atoms with Crippen LogP contribution in [-0.4, -0.2) is 27.2 Å². The van der Waals surface area contributed by atoms with Crippen molar-refractivity contribution >= 4 is 23.4 Å². The monoisotopic (exact) mass is 264 g/mol. The fourth-order valence-corrected chi connectivity index (χ4v) is 2.86. The van der Waals surface area contributed by atoms with Crippen LogP contribution >= 0.6 is 11.8 Å². The van der Waals surface area contributed by atoms with Gasteiger partial charge in [0.2, 0.25) is 0 Å². The number of carbonyl (C=O) groups excluding carboxylic acids is 1. The maximum atomic E-state index is 11.7. The lowest BCUT2D eigenvalue weighted by atomic mass is 10.2. The Bertz CT molecular complexity index is 590. The molecule has 0 N–H and O–H groups in total. The number of pyridine rings is 1. The third-order valence-electron chi connectivity index (χ3n) is 2.76. The van der Waals surface area contributed by atoms with E-state index in [0.29, 0.717) is 0 Å². The summed E-state index contributed by atoms with van der Waals surface area (Å²) in [6.45, 7) is 5.72. The van der Waals surface area contributed by atoms with Crippen LogP contribution in [0.1, 0.15) is 19.5 Å². The largest absolute Gasteiger partial charge is 0.468 e. The Morgan fingerprint density at radius 2 is 2.17 bits per heavy atom. The molecule has 0 aromatic carbocycles. The quantitative estimate of drug-likeness (QED) is 0.631. The molecule has 18 heavy (non-hydrogen) atoms. The summed E-state index contributed by atoms with van der Waals surface area (Å²) in [4.78, 5) is 17.0. The van der Waals surface area contributed by atoms with Gasteiger partial charge >= 0.3 is 5.97 Å². The van der Waals surface area contributed by atoms with Gasteiger partial charge in [-0.05, 0) is 32.9 Å². The van der Waals surface area contributed by atoms with Crippen LogP contribution in [0.3, 0.4) is 0 Å². The lowest BCUT2D eigenvalue weighted by molar-refractivity contribution is -0.142. The topological polar surface area (TPSA) is 43.6 Å². The lowest BCUT2D eigenvalue weighted by Gasteiger charge is -2.21. The predicted molar refractivity (Wildman–Crippen MR) is 71.9 cm³/mol. The molecule has 0 aliphatic carbocycles. The molecule has 0 atom stereocenters. The number of hydrogen-bond donors (Lipinski definition) is 0. The Morgan fingerprint density at radius 1 is 1.44 bits per heavy atom. The van der Waals surface area contributed by atoms with Gasteiger partial charge in [-0.15, -0.1) is 11.8 Å². The van der Waals surface area contributed by atoms with Gasteiger partial charge in [-0.25, -0.2) is 4.98 Å². The summed E-state index contributed by atoms with van der Waals surface area (Å²) in [5.41, 5.74) is 1.99. The van der Waals surface area contributed by atoms with Crippen molar-refractivity contribution in [3.05, 3.63) is 30.2 Å². The fraction of sp³-hybridized carbons (Fsp3) is 0.385. The minimum Gasteiger partial charge on any atom is -0.468 e. The van der Waals surface area contributed by atoms with Crippen molar-refractivity contribution in [2.24, 2.45) is 0 Å². The molecule has 0 amide bonds. The maximum Gasteiger partial charge on any atom is 0.321 e. The zero-order valence-electron chi connectivity index (χ0n) is 10.9. The summed E-state index contributed by atoms with van der Waals surface area (Å²) in [6.07, 6.45) is 3.68. The van der Waals surface area contributed by atoms with Crippen molar-refractivity contribution in [3.8, 4) is 0 Å². The Morgan fingerprint density at radius 3 is 2.83 bits per heavy atom. The van der Waals surface area contributed by atoms with Crippen LogP contribution in [0.25, 0.3) is 5.65 Å². The molecule has 4 nitrogen and oxygen atoms in total. The standard InChI is InChI=1S/C13H16N2O2S/c1-9-5-6-10(11-14-7-8-15(9)11)18-13(2,3)12(16)17-4/h5-8H,1-4H3. The number of rotatable bonds is 3. The van der Waals surface area contributed by atoms with Gasteiger partial charge < -0.3 is 9.14 Å². The van der Waals surface area contributed by atoms with E-state index in [9.17, 15) is 4.79 Å². The number of aromatic nitrogens is 2. The van der Waals surface area contributed by atoms with E-state index in [1.807, 2.05) is 43.5 Å². The van der Waals surface area contributed by atoms with Crippen molar-refractivity contribution in [2.75, 3.05) is 7.11 Å². The molecule has 96 valence electrons. The zero-order chi connectivity index (χ0) is 13.3. The van der Waals surface area contributed by atoms with E-state index in [1.165, 1.54) is 18.9 Å². The third-order valence-corrected chi connectivity index (χ3v) is 3.97. The Hall–Kier alpha value is -1.49. The lowest BCUT2D eigenvalue weighted by Crippen LogP contribution is -2.28. The molecule has 0 saturated heterocycles. The summed E-state index contributed by atoms with van der Waals surface area (Å²) in [5, 5.41) is 0. The molecule has 0 radical (unpaired) electrons. The molecule has 0 spiro atoms. The van der Waals surface area contributed by atoms with E-state index in [-0.39, 0.29) is 5.97 Å². The van der Waals surface area contributed by atoms with Crippen LogP contribution < -0.4 is 0 Å². The number of fused-ring (bicyclic) bond motifs is 1. The highest BCUT2D eigenvalue weighted by atomic mass is 32.2. The van der Waals surface area contributed by atoms with Gasteiger partial charge in [0.15, 0.2) is 5.65 Å². The summed E-state index contributed by atoms with van der Waals surface area (Å²) < 4.78 is 6.20. The summed E-state index contributed by atoms with van der Waals surface area (Å²) in [7, 11) is 1.41. The van der Waals surface area contributed by atoms with Crippen LogP contribution in [0.5, 0.6) is 0 Å². The Labute approximate surface area is 110 Å². The van der Waals surface area contributed by atoms with Gasteiger partial charge in [0.05, 0.1) is 12.0 Å². The second-order valence-corrected chi connectivity index (χ2v) is 6.23. The molecule has 0 aliphatic rings. The summed E-state index contributed by atoms with van der Waals surface area (Å²) in [6, 6.07) is 4.01. The summed E-state index contributed by atoms with van der Waals surface area (Å²) >= 11 is 1.46. The van der Waals surface area contributed by atoms with Gasteiger partial charge in [0, 0.05) is 18.1 Å². The minimum atomic E-state index is -0.629. The number of aryl methyl sites for hydroxylation is 1. The van der Waals surface area contributed by atoms with Crippen molar-refractivity contribution < 1.29 is 9.53 Å². The highest BCUT2D eigenvalue weighted by molar-refractivity contribution is 8.01. The van der Waals surface area contributed by atoms with E-state index >= 15 is 0 Å². The number of esters is 1. The number of imidazole rings is 1. The molecule has 0 unspecified atom stereocenters. The second-order valence-electron chi connectivity index (χ2n) is 4.56. The van der Waals surface area contributed by atoms with E-state index in [4.69, 9.17) is 4.74 Å². The summed E-state index contributed by atoms with van der Waals surface area (Å²) in [5.74, 6) is -0.238. The van der Waals surface area contributed by atoms with Crippen LogP contribution in [0.4, 0.5) is 0 Å². The number of ether oxygens (including phenoxy) is 1. The fourth-order valence-electron chi connectivity index (χ4n) is 1.76. The number of hydrogen-bond acceptors (Lipinski definition) is 4. The van der Waals surface area contributed by atoms with Crippen molar-refractivity contribution in [3.63, 3.8) is 0 Å². The first-order valence-corrected chi connectivity index (χ1v) is 6.47. The first kappa shape index (κ1) is 13.0. The van der Waals surface area contributed by atoms with Gasteiger partial charge in [-0.3, -0.25) is 4.79 Å². The highest BCUT2D eigenvalue weighted by Gasteiger charge is 2.31. The predicted octanol–water partition coefficient (Wildman–Crippen LogP) is 2.69. The molecular formula is C13H16N2O2S. The number of thioether (sulfide) groups is 1. The molecule has 2 aromatic heterocycles. The first-order chi connectivity index (χ1) is 8.45. The number of carbonyl (C=O) groups is 1. The number of methoxy groups -OCH3 is 1. The maximum absolute atomic E-state index is 11.7. The normalized spacial score (nSPS) is 11.8. The molecule has 2 aromatic rings. The SMILES string of the molecule is COC(=O)C(C)(C)Sc1ccc(C)n2ccnc12. The average Bonchev–Trinajstić information content (AvgIpc) is 2.81. The minimum absolute atomic E-state index is 0.238. The van der Waals surface area contributed by atoms with Gasteiger partial charge in [0.1, 0.15) is 4.75 Å². The molecule has 2 heterocycles. The van der Waals surface area contributed by atoms with Gasteiger partial charge in [-0.2, -0.15) is 0 Å². The molecule has 0 bridgehead atoms. The van der Waals surface area contributed by atoms with E-state index in [1.54, 1.807) is 6.20 Å². The number of nitrogens with zero attached hydrogens (tertiary/aromatic N) is 2. The van der Waals surface area contributed by atoms with Crippen LogP contribution in [0, 0.1) is 6.92 Å². The molecule has 0 fully saturated rings. The van der Waals surface area contributed by atoms with Gasteiger partial charge in [-0.1, -0.05) is 0 Å². The molecule has 0 saturated carbocycles. The molecule has 5 heteroatoms. The average molecular weight is 264 g/mol. The van der Waals surface area contributed by atoms with Crippen LogP contribution in [-0.2, 0) is 9.53 Å². The van der Waals surface area contributed by atoms with E-state index in [2.05, 4.69) is 4.98 Å². The van der Waals surface area contributed by atoms with E-state index in [0.717, 1.165) is 16.2 Å². The molecule has 0 aliphatic heterocycles. The highest BCUT2D eigenvalue weighted by Crippen LogP contribution is 2.35. The first-order valence-electron chi connectivity index (χ1n) is 5.66. The molecular weight excluding hydrogens is 248 g/mol. The van der Waals surface area contributed by atoms with Crippen molar-refractivity contribution in [1.29, 1.82) is 0 Å². The third kappa shape index (κ3) is 2.22. The van der Waals surface area contributed by atoms with Crippen molar-refractivity contribution in [2.45, 2.75) is 30.4 Å². The van der Waals surface area contributed by atoms with Gasteiger partial charge in [0.25, 0.3) is 0 Å². The van der Waals surface area contributed by atoms with Crippen molar-refractivity contribution in [1.82, 2.24) is 9.38 Å². The Balaban J connectivity index is 2.41. The molecule has 2 rings (SSSR count). The second kappa shape index (κ2) is 4.65. The smallest absolute Gasteiger partial charge is 0.321 e. The Kier molecular flexibility index (Phi) is 3.34. The van der Waals surface area contributed by atoms with E-state index < -0.39 is 4.75 Å². The van der Waals surface area contributed by atoms with Crippen LogP contribution in [0.15, 0.2) is 29.4 Å².